The fourth-order valence-electron chi connectivity index (χ4n) is 0.484. The van der Waals surface area contributed by atoms with E-state index < -0.39 is 0 Å². The summed E-state index contributed by atoms with van der Waals surface area (Å²) in [6, 6.07) is 5.31. The third-order valence-electron chi connectivity index (χ3n) is 1.23. The molecule has 3 heteroatoms. The molecular weight excluding hydrogens is 174 g/mol. The van der Waals surface area contributed by atoms with Crippen molar-refractivity contribution in [1.82, 2.24) is 4.98 Å². The number of hydrogen-bond acceptors (Lipinski definition) is 2. The molecule has 1 heterocycles. The summed E-state index contributed by atoms with van der Waals surface area (Å²) in [4.78, 5) is 3.78. The Kier molecular flexibility index (Phi) is 14.0. The zero-order valence-electron chi connectivity index (χ0n) is 8.20. The average molecular weight is 190 g/mol. The van der Waals surface area contributed by atoms with Gasteiger partial charge in [-0.05, 0) is 12.1 Å². The van der Waals surface area contributed by atoms with E-state index in [1.807, 2.05) is 0 Å². The fourth-order valence-corrected chi connectivity index (χ4v) is 0.484. The first-order chi connectivity index (χ1) is 5.85. The molecule has 0 spiro atoms. The average Bonchev–Trinajstić information content (AvgIpc) is 2.19. The van der Waals surface area contributed by atoms with Crippen molar-refractivity contribution in [2.45, 2.75) is 26.4 Å². The first kappa shape index (κ1) is 15.4. The predicted octanol–water partition coefficient (Wildman–Crippen LogP) is 1.18. The van der Waals surface area contributed by atoms with E-state index in [1.165, 1.54) is 6.42 Å². The molecule has 0 aromatic carbocycles. The number of unbranched alkanes of at least 4 members (excludes halogenated alkanes) is 1. The van der Waals surface area contributed by atoms with E-state index in [4.69, 9.17) is 0 Å². The Bertz CT molecular complexity index is 178. The molecule has 0 amide bonds. The van der Waals surface area contributed by atoms with Crippen LogP contribution in [0.25, 0.3) is 0 Å². The van der Waals surface area contributed by atoms with Gasteiger partial charge in [-0.2, -0.15) is 6.42 Å². The second kappa shape index (κ2) is 11.9. The van der Waals surface area contributed by atoms with Crippen molar-refractivity contribution in [2.75, 3.05) is 0 Å². The molecule has 0 N–H and O–H groups in total. The summed E-state index contributed by atoms with van der Waals surface area (Å²) in [7, 11) is 0. The first-order valence-electron chi connectivity index (χ1n) is 4.12. The summed E-state index contributed by atoms with van der Waals surface area (Å²) in [6.45, 7) is 5.50. The van der Waals surface area contributed by atoms with E-state index in [0.29, 0.717) is 5.69 Å². The van der Waals surface area contributed by atoms with Crippen LogP contribution in [-0.2, 0) is 6.61 Å². The molecule has 0 unspecified atom stereocenters. The number of pyridine rings is 1. The van der Waals surface area contributed by atoms with E-state index >= 15 is 0 Å². The van der Waals surface area contributed by atoms with E-state index in [-0.39, 0.29) is 29.7 Å². The third kappa shape index (κ3) is 9.79. The van der Waals surface area contributed by atoms with Gasteiger partial charge in [-0.1, -0.05) is 26.0 Å². The molecule has 13 heavy (non-hydrogen) atoms. The van der Waals surface area contributed by atoms with Crippen LogP contribution in [0, 0.1) is 6.92 Å². The minimum atomic E-state index is -0.221. The Morgan fingerprint density at radius 2 is 2.08 bits per heavy atom. The Hall–Kier alpha value is -0.124. The van der Waals surface area contributed by atoms with Gasteiger partial charge in [0.05, 0.1) is 0 Å². The monoisotopic (exact) mass is 189 g/mol. The Morgan fingerprint density at radius 3 is 2.31 bits per heavy atom. The maximum atomic E-state index is 10.1. The van der Waals surface area contributed by atoms with E-state index in [0.717, 1.165) is 6.42 Å². The standard InChI is InChI=1S/C6H6NO.C4H9.Mg/c8-5-6-3-1-2-4-7-6;1-3-4-2;/h1-4H,5H2;1,3-4H2,2H3;/q2*-1;+2. The third-order valence-corrected chi connectivity index (χ3v) is 1.23. The van der Waals surface area contributed by atoms with Gasteiger partial charge < -0.3 is 12.0 Å². The van der Waals surface area contributed by atoms with Crippen LogP contribution in [0.5, 0.6) is 0 Å². The number of nitrogens with zero attached hydrogens (tertiary/aromatic N) is 1. The van der Waals surface area contributed by atoms with Gasteiger partial charge in [0.25, 0.3) is 0 Å². The quantitative estimate of drug-likeness (QED) is 0.517. The van der Waals surface area contributed by atoms with Crippen LogP contribution in [0.2, 0.25) is 0 Å². The van der Waals surface area contributed by atoms with Gasteiger partial charge in [0.1, 0.15) is 0 Å². The van der Waals surface area contributed by atoms with Crippen molar-refractivity contribution >= 4 is 23.1 Å². The van der Waals surface area contributed by atoms with Crippen molar-refractivity contribution < 1.29 is 5.11 Å². The molecule has 2 nitrogen and oxygen atoms in total. The summed E-state index contributed by atoms with van der Waals surface area (Å²) in [6.07, 6.45) is 3.90. The molecular formula is C10H15MgNO. The van der Waals surface area contributed by atoms with E-state index in [1.54, 1.807) is 24.4 Å². The van der Waals surface area contributed by atoms with Gasteiger partial charge in [0.15, 0.2) is 0 Å². The summed E-state index contributed by atoms with van der Waals surface area (Å²) < 4.78 is 0. The van der Waals surface area contributed by atoms with Gasteiger partial charge in [0, 0.05) is 11.9 Å². The molecule has 68 valence electrons. The zero-order valence-corrected chi connectivity index (χ0v) is 9.61. The van der Waals surface area contributed by atoms with Gasteiger partial charge in [-0.25, -0.2) is 0 Å². The maximum Gasteiger partial charge on any atom is 2.00 e. The van der Waals surface area contributed by atoms with Gasteiger partial charge in [-0.15, -0.1) is 0 Å². The van der Waals surface area contributed by atoms with Crippen LogP contribution in [0.15, 0.2) is 24.4 Å². The van der Waals surface area contributed by atoms with E-state index in [2.05, 4.69) is 18.8 Å². The van der Waals surface area contributed by atoms with Crippen LogP contribution >= 0.6 is 0 Å². The van der Waals surface area contributed by atoms with Crippen molar-refractivity contribution in [3.8, 4) is 0 Å². The topological polar surface area (TPSA) is 36.0 Å². The van der Waals surface area contributed by atoms with Crippen LogP contribution in [0.1, 0.15) is 25.5 Å². The summed E-state index contributed by atoms with van der Waals surface area (Å²) in [5.74, 6) is 0. The number of rotatable bonds is 2. The molecule has 1 aromatic heterocycles. The largest absolute Gasteiger partial charge is 2.00 e. The smallest absolute Gasteiger partial charge is 0.850 e. The molecule has 0 aliphatic heterocycles. The van der Waals surface area contributed by atoms with Crippen LogP contribution in [0.4, 0.5) is 0 Å². The molecule has 1 rings (SSSR count). The molecule has 0 saturated carbocycles. The molecule has 0 aliphatic carbocycles. The zero-order chi connectivity index (χ0) is 9.23. The molecule has 0 bridgehead atoms. The summed E-state index contributed by atoms with van der Waals surface area (Å²) >= 11 is 0. The van der Waals surface area contributed by atoms with Gasteiger partial charge in [-0.3, -0.25) is 4.98 Å². The van der Waals surface area contributed by atoms with Crippen LogP contribution in [0.3, 0.4) is 0 Å². The maximum absolute atomic E-state index is 10.1. The Balaban J connectivity index is 0. The summed E-state index contributed by atoms with van der Waals surface area (Å²) in [5, 5.41) is 10.1. The molecule has 0 saturated heterocycles. The fraction of sp³-hybridized carbons (Fsp3) is 0.400. The van der Waals surface area contributed by atoms with Crippen LogP contribution < -0.4 is 5.11 Å². The first-order valence-corrected chi connectivity index (χ1v) is 4.12. The molecule has 0 aliphatic rings. The number of aromatic nitrogens is 1. The second-order valence-electron chi connectivity index (χ2n) is 2.32. The molecule has 0 radical (unpaired) electrons. The van der Waals surface area contributed by atoms with Crippen molar-refractivity contribution in [3.63, 3.8) is 0 Å². The summed E-state index contributed by atoms with van der Waals surface area (Å²) in [5.41, 5.74) is 0.604. The SMILES string of the molecule is [CH2-]CCC.[Mg+2].[O-]Cc1ccccn1. The van der Waals surface area contributed by atoms with Crippen molar-refractivity contribution in [2.24, 2.45) is 0 Å². The van der Waals surface area contributed by atoms with Crippen LogP contribution in [-0.4, -0.2) is 28.0 Å². The Morgan fingerprint density at radius 1 is 1.46 bits per heavy atom. The van der Waals surface area contributed by atoms with Crippen molar-refractivity contribution in [3.05, 3.63) is 37.0 Å². The number of hydrogen-bond donors (Lipinski definition) is 0. The minimum absolute atomic E-state index is 0. The Labute approximate surface area is 96.5 Å². The predicted molar refractivity (Wildman–Crippen MR) is 54.0 cm³/mol. The molecule has 0 fully saturated rings. The second-order valence-corrected chi connectivity index (χ2v) is 2.32. The molecule has 1 aromatic rings. The van der Waals surface area contributed by atoms with Gasteiger partial charge in [0.2, 0.25) is 0 Å². The minimum Gasteiger partial charge on any atom is -0.850 e. The van der Waals surface area contributed by atoms with Gasteiger partial charge >= 0.3 is 23.1 Å². The van der Waals surface area contributed by atoms with E-state index in [9.17, 15) is 5.11 Å². The van der Waals surface area contributed by atoms with Crippen molar-refractivity contribution in [1.29, 1.82) is 0 Å². The normalized spacial score (nSPS) is 7.92. The molecule has 0 atom stereocenters.